The lowest BCUT2D eigenvalue weighted by molar-refractivity contribution is -0.116. The molecule has 0 radical (unpaired) electrons. The van der Waals surface area contributed by atoms with Gasteiger partial charge in [0.05, 0.1) is 10.2 Å². The van der Waals surface area contributed by atoms with Crippen molar-refractivity contribution in [2.75, 3.05) is 11.9 Å². The maximum Gasteiger partial charge on any atom is 0.226 e. The van der Waals surface area contributed by atoms with Crippen LogP contribution in [0.1, 0.15) is 40.0 Å². The Morgan fingerprint density at radius 3 is 2.96 bits per heavy atom. The number of thiocarbonyl (C=S) groups is 1. The molecule has 0 spiro atoms. The molecule has 1 saturated heterocycles. The van der Waals surface area contributed by atoms with Gasteiger partial charge in [0, 0.05) is 24.5 Å². The Kier molecular flexibility index (Phi) is 5.24. The highest BCUT2D eigenvalue weighted by atomic mass is 32.1. The van der Waals surface area contributed by atoms with Crippen molar-refractivity contribution in [3.63, 3.8) is 0 Å². The van der Waals surface area contributed by atoms with Crippen molar-refractivity contribution < 1.29 is 4.79 Å². The largest absolute Gasteiger partial charge is 0.358 e. The Morgan fingerprint density at radius 2 is 2.24 bits per heavy atom. The summed E-state index contributed by atoms with van der Waals surface area (Å²) in [5.41, 5.74) is 0.959. The van der Waals surface area contributed by atoms with Crippen LogP contribution in [0.4, 0.5) is 5.13 Å². The number of rotatable bonds is 5. The van der Waals surface area contributed by atoms with Gasteiger partial charge in [-0.05, 0) is 58.0 Å². The number of fused-ring (bicyclic) bond motifs is 1. The number of para-hydroxylation sites is 1. The van der Waals surface area contributed by atoms with E-state index in [-0.39, 0.29) is 11.4 Å². The first-order chi connectivity index (χ1) is 11.8. The number of hydrogen-bond donors (Lipinski definition) is 2. The molecule has 2 heterocycles. The number of carbonyl (C=O) groups is 1. The van der Waals surface area contributed by atoms with E-state index in [0.29, 0.717) is 17.6 Å². The molecule has 134 valence electrons. The van der Waals surface area contributed by atoms with Gasteiger partial charge in [0.15, 0.2) is 10.2 Å². The normalized spacial score (nSPS) is 19.7. The van der Waals surface area contributed by atoms with Gasteiger partial charge in [-0.1, -0.05) is 23.5 Å². The van der Waals surface area contributed by atoms with Crippen LogP contribution in [0.3, 0.4) is 0 Å². The molecule has 1 aliphatic rings. The van der Waals surface area contributed by atoms with Crippen molar-refractivity contribution in [1.82, 2.24) is 15.2 Å². The van der Waals surface area contributed by atoms with E-state index in [9.17, 15) is 4.79 Å². The highest BCUT2D eigenvalue weighted by Crippen LogP contribution is 2.26. The predicted octanol–water partition coefficient (Wildman–Crippen LogP) is 3.76. The molecule has 5 nitrogen and oxygen atoms in total. The summed E-state index contributed by atoms with van der Waals surface area (Å²) in [6.07, 6.45) is 2.26. The van der Waals surface area contributed by atoms with Crippen LogP contribution in [-0.2, 0) is 4.79 Å². The summed E-state index contributed by atoms with van der Waals surface area (Å²) in [6.45, 7) is 7.31. The quantitative estimate of drug-likeness (QED) is 0.778. The maximum atomic E-state index is 12.2. The molecule has 0 aliphatic carbocycles. The van der Waals surface area contributed by atoms with E-state index in [1.54, 1.807) is 0 Å². The molecule has 0 unspecified atom stereocenters. The third-order valence-electron chi connectivity index (χ3n) is 4.39. The average Bonchev–Trinajstić information content (AvgIpc) is 2.91. The monoisotopic (exact) mass is 376 g/mol. The Morgan fingerprint density at radius 1 is 1.48 bits per heavy atom. The Balaban J connectivity index is 1.48. The van der Waals surface area contributed by atoms with Crippen LogP contribution in [0, 0.1) is 0 Å². The molecule has 0 saturated carbocycles. The average molecular weight is 377 g/mol. The molecule has 25 heavy (non-hydrogen) atoms. The van der Waals surface area contributed by atoms with Crippen LogP contribution in [0.2, 0.25) is 0 Å². The molecule has 1 atom stereocenters. The SMILES string of the molecule is C[C@H]1CC(C)(C)NC(=S)N1CCCC(=O)Nc1nc2ccccc2s1. The standard InChI is InChI=1S/C18H24N4OS2/c1-12-11-18(2,3)21-17(24)22(12)10-6-9-15(23)20-16-19-13-7-4-5-8-14(13)25-16/h4-5,7-8,12H,6,9-11H2,1-3H3,(H,21,24)(H,19,20,23)/t12-/m0/s1. The lowest BCUT2D eigenvalue weighted by Gasteiger charge is -2.44. The summed E-state index contributed by atoms with van der Waals surface area (Å²) in [5.74, 6) is 0.00271. The van der Waals surface area contributed by atoms with Gasteiger partial charge in [0.25, 0.3) is 0 Å². The van der Waals surface area contributed by atoms with E-state index in [4.69, 9.17) is 12.2 Å². The number of amides is 1. The molecule has 1 aliphatic heterocycles. The molecule has 2 N–H and O–H groups in total. The van der Waals surface area contributed by atoms with Crippen molar-refractivity contribution >= 4 is 49.9 Å². The van der Waals surface area contributed by atoms with E-state index >= 15 is 0 Å². The fourth-order valence-corrected chi connectivity index (χ4v) is 4.73. The first-order valence-corrected chi connectivity index (χ1v) is 9.81. The zero-order valence-corrected chi connectivity index (χ0v) is 16.5. The molecule has 3 rings (SSSR count). The second-order valence-corrected chi connectivity index (χ2v) is 8.62. The molecule has 1 amide bonds. The molecular formula is C18H24N4OS2. The van der Waals surface area contributed by atoms with Gasteiger partial charge in [-0.2, -0.15) is 0 Å². The molecule has 1 aromatic heterocycles. The lowest BCUT2D eigenvalue weighted by Crippen LogP contribution is -2.60. The van der Waals surface area contributed by atoms with E-state index in [1.165, 1.54) is 11.3 Å². The van der Waals surface area contributed by atoms with E-state index in [2.05, 4.69) is 41.3 Å². The number of nitrogens with zero attached hydrogens (tertiary/aromatic N) is 2. The molecule has 1 aromatic carbocycles. The molecule has 1 fully saturated rings. The predicted molar refractivity (Wildman–Crippen MR) is 108 cm³/mol. The summed E-state index contributed by atoms with van der Waals surface area (Å²) < 4.78 is 1.08. The van der Waals surface area contributed by atoms with Gasteiger partial charge in [-0.15, -0.1) is 0 Å². The minimum absolute atomic E-state index is 0.00271. The smallest absolute Gasteiger partial charge is 0.226 e. The Labute approximate surface area is 157 Å². The van der Waals surface area contributed by atoms with Crippen LogP contribution in [0.15, 0.2) is 24.3 Å². The minimum atomic E-state index is 0.00271. The zero-order chi connectivity index (χ0) is 18.0. The summed E-state index contributed by atoms with van der Waals surface area (Å²) >= 11 is 6.98. The second-order valence-electron chi connectivity index (χ2n) is 7.20. The summed E-state index contributed by atoms with van der Waals surface area (Å²) in [7, 11) is 0. The zero-order valence-electron chi connectivity index (χ0n) is 14.8. The van der Waals surface area contributed by atoms with Crippen molar-refractivity contribution in [2.45, 2.75) is 51.6 Å². The van der Waals surface area contributed by atoms with Crippen LogP contribution in [0.25, 0.3) is 10.2 Å². The third kappa shape index (κ3) is 4.46. The van der Waals surface area contributed by atoms with Crippen LogP contribution in [0.5, 0.6) is 0 Å². The number of hydrogen-bond acceptors (Lipinski definition) is 4. The number of aromatic nitrogens is 1. The van der Waals surface area contributed by atoms with Crippen LogP contribution in [-0.4, -0.2) is 39.0 Å². The number of carbonyl (C=O) groups excluding carboxylic acids is 1. The molecule has 7 heteroatoms. The van der Waals surface area contributed by atoms with E-state index in [1.807, 2.05) is 24.3 Å². The topological polar surface area (TPSA) is 57.3 Å². The molecular weight excluding hydrogens is 352 g/mol. The fraction of sp³-hybridized carbons (Fsp3) is 0.500. The number of anilines is 1. The van der Waals surface area contributed by atoms with E-state index in [0.717, 1.165) is 34.7 Å². The van der Waals surface area contributed by atoms with Gasteiger partial charge in [0.1, 0.15) is 0 Å². The third-order valence-corrected chi connectivity index (χ3v) is 5.68. The summed E-state index contributed by atoms with van der Waals surface area (Å²) in [4.78, 5) is 18.8. The van der Waals surface area contributed by atoms with Gasteiger partial charge < -0.3 is 15.5 Å². The second kappa shape index (κ2) is 7.25. The number of benzene rings is 1. The molecule has 0 bridgehead atoms. The fourth-order valence-electron chi connectivity index (χ4n) is 3.30. The van der Waals surface area contributed by atoms with Crippen molar-refractivity contribution in [3.8, 4) is 0 Å². The Bertz CT molecular complexity index is 753. The number of nitrogens with one attached hydrogen (secondary N) is 2. The summed E-state index contributed by atoms with van der Waals surface area (Å²) in [5, 5.41) is 7.73. The highest BCUT2D eigenvalue weighted by Gasteiger charge is 2.32. The summed E-state index contributed by atoms with van der Waals surface area (Å²) in [6, 6.07) is 8.27. The van der Waals surface area contributed by atoms with Crippen LogP contribution >= 0.6 is 23.6 Å². The van der Waals surface area contributed by atoms with Crippen molar-refractivity contribution in [2.24, 2.45) is 0 Å². The maximum absolute atomic E-state index is 12.2. The van der Waals surface area contributed by atoms with Gasteiger partial charge in [-0.25, -0.2) is 4.98 Å². The van der Waals surface area contributed by atoms with Crippen molar-refractivity contribution in [3.05, 3.63) is 24.3 Å². The highest BCUT2D eigenvalue weighted by molar-refractivity contribution is 7.80. The first kappa shape index (κ1) is 18.1. The molecule has 2 aromatic rings. The van der Waals surface area contributed by atoms with Gasteiger partial charge in [-0.3, -0.25) is 4.79 Å². The van der Waals surface area contributed by atoms with E-state index < -0.39 is 0 Å². The van der Waals surface area contributed by atoms with Gasteiger partial charge >= 0.3 is 0 Å². The Hall–Kier alpha value is -1.73. The lowest BCUT2D eigenvalue weighted by atomic mass is 9.93. The number of thiazole rings is 1. The van der Waals surface area contributed by atoms with Crippen molar-refractivity contribution in [1.29, 1.82) is 0 Å². The minimum Gasteiger partial charge on any atom is -0.358 e. The van der Waals surface area contributed by atoms with Crippen LogP contribution < -0.4 is 10.6 Å². The van der Waals surface area contributed by atoms with Gasteiger partial charge in [0.2, 0.25) is 5.91 Å². The first-order valence-electron chi connectivity index (χ1n) is 8.58.